The van der Waals surface area contributed by atoms with E-state index in [9.17, 15) is 22.8 Å². The van der Waals surface area contributed by atoms with Gasteiger partial charge in [-0.05, 0) is 42.5 Å². The minimum atomic E-state index is -4.58. The lowest BCUT2D eigenvalue weighted by molar-refractivity contribution is -0.137. The van der Waals surface area contributed by atoms with Crippen LogP contribution in [0, 0.1) is 0 Å². The van der Waals surface area contributed by atoms with Crippen LogP contribution < -0.4 is 4.90 Å². The van der Waals surface area contributed by atoms with E-state index in [1.807, 2.05) is 0 Å². The van der Waals surface area contributed by atoms with Gasteiger partial charge < -0.3 is 9.52 Å². The zero-order chi connectivity index (χ0) is 23.9. The van der Waals surface area contributed by atoms with Crippen molar-refractivity contribution in [2.24, 2.45) is 0 Å². The van der Waals surface area contributed by atoms with E-state index in [1.165, 1.54) is 47.4 Å². The van der Waals surface area contributed by atoms with E-state index in [2.05, 4.69) is 4.98 Å². The summed E-state index contributed by atoms with van der Waals surface area (Å²) in [6.07, 6.45) is -2.48. The molecule has 0 aliphatic carbocycles. The molecular weight excluding hydrogens is 501 g/mol. The first-order valence-electron chi connectivity index (χ1n) is 8.99. The van der Waals surface area contributed by atoms with Gasteiger partial charge in [-0.2, -0.15) is 13.2 Å². The molecule has 1 amide bonds. The molecule has 1 aliphatic heterocycles. The minimum Gasteiger partial charge on any atom is -0.478 e. The van der Waals surface area contributed by atoms with Crippen LogP contribution >= 0.6 is 35.6 Å². The Morgan fingerprint density at radius 2 is 1.91 bits per heavy atom. The standard InChI is InChI=1S/C21H10ClF3N2O4S2/c22-14-7-11(21(23,24)25)9-26-17(14)15-6-5-13(31-15)8-16-18(28)27(20(32)33-16)12-3-1-10(2-4-12)19(29)30/h1-9H,(H,29,30). The van der Waals surface area contributed by atoms with Gasteiger partial charge in [0, 0.05) is 12.3 Å². The van der Waals surface area contributed by atoms with E-state index < -0.39 is 23.6 Å². The van der Waals surface area contributed by atoms with Crippen LogP contribution in [-0.4, -0.2) is 26.3 Å². The van der Waals surface area contributed by atoms with Gasteiger partial charge in [0.15, 0.2) is 10.1 Å². The second-order valence-corrected chi connectivity index (χ2v) is 8.71. The minimum absolute atomic E-state index is 0.0235. The van der Waals surface area contributed by atoms with Gasteiger partial charge in [0.1, 0.15) is 11.5 Å². The summed E-state index contributed by atoms with van der Waals surface area (Å²) >= 11 is 12.3. The molecule has 1 aliphatic rings. The molecule has 1 saturated heterocycles. The number of amides is 1. The summed E-state index contributed by atoms with van der Waals surface area (Å²) < 4.78 is 44.3. The quantitative estimate of drug-likeness (QED) is 0.334. The smallest absolute Gasteiger partial charge is 0.417 e. The number of carboxylic acid groups (broad SMARTS) is 1. The van der Waals surface area contributed by atoms with Crippen molar-refractivity contribution in [2.75, 3.05) is 4.90 Å². The first kappa shape index (κ1) is 23.0. The summed E-state index contributed by atoms with van der Waals surface area (Å²) in [7, 11) is 0. The number of carboxylic acids is 1. The van der Waals surface area contributed by atoms with Crippen molar-refractivity contribution >= 4 is 63.5 Å². The summed E-state index contributed by atoms with van der Waals surface area (Å²) in [5, 5.41) is 8.77. The molecule has 168 valence electrons. The van der Waals surface area contributed by atoms with Gasteiger partial charge in [-0.3, -0.25) is 14.7 Å². The van der Waals surface area contributed by atoms with Crippen molar-refractivity contribution in [3.63, 3.8) is 0 Å². The number of benzene rings is 1. The Balaban J connectivity index is 1.58. The van der Waals surface area contributed by atoms with Gasteiger partial charge >= 0.3 is 12.1 Å². The Labute approximate surface area is 198 Å². The Kier molecular flexibility index (Phi) is 6.04. The van der Waals surface area contributed by atoms with E-state index in [0.29, 0.717) is 11.9 Å². The largest absolute Gasteiger partial charge is 0.478 e. The number of hydrogen-bond donors (Lipinski definition) is 1. The SMILES string of the molecule is O=C(O)c1ccc(N2C(=O)C(=Cc3ccc(-c4ncc(C(F)(F)F)cc4Cl)o3)SC2=S)cc1. The van der Waals surface area contributed by atoms with Gasteiger partial charge in [0.05, 0.1) is 26.7 Å². The molecule has 33 heavy (non-hydrogen) atoms. The number of nitrogens with zero attached hydrogens (tertiary/aromatic N) is 2. The molecular formula is C21H10ClF3N2O4S2. The van der Waals surface area contributed by atoms with Crippen LogP contribution in [0.1, 0.15) is 21.7 Å². The maximum Gasteiger partial charge on any atom is 0.417 e. The molecule has 0 bridgehead atoms. The van der Waals surface area contributed by atoms with Gasteiger partial charge in [-0.1, -0.05) is 35.6 Å². The van der Waals surface area contributed by atoms with Crippen molar-refractivity contribution in [2.45, 2.75) is 6.18 Å². The number of pyridine rings is 1. The molecule has 3 heterocycles. The number of thioether (sulfide) groups is 1. The predicted octanol–water partition coefficient (Wildman–Crippen LogP) is 6.12. The molecule has 12 heteroatoms. The van der Waals surface area contributed by atoms with Crippen molar-refractivity contribution < 1.29 is 32.3 Å². The lowest BCUT2D eigenvalue weighted by atomic mass is 10.2. The zero-order valence-electron chi connectivity index (χ0n) is 16.1. The molecule has 0 unspecified atom stereocenters. The van der Waals surface area contributed by atoms with Crippen molar-refractivity contribution in [1.29, 1.82) is 0 Å². The first-order valence-corrected chi connectivity index (χ1v) is 10.6. The van der Waals surface area contributed by atoms with Crippen molar-refractivity contribution in [3.05, 3.63) is 75.5 Å². The van der Waals surface area contributed by atoms with E-state index in [4.69, 9.17) is 33.3 Å². The second kappa shape index (κ2) is 8.65. The number of halogens is 4. The van der Waals surface area contributed by atoms with Crippen LogP contribution in [0.5, 0.6) is 0 Å². The number of aromatic nitrogens is 1. The molecule has 4 rings (SSSR count). The zero-order valence-corrected chi connectivity index (χ0v) is 18.5. The molecule has 3 aromatic rings. The van der Waals surface area contributed by atoms with Gasteiger partial charge in [0.2, 0.25) is 0 Å². The van der Waals surface area contributed by atoms with Crippen LogP contribution in [-0.2, 0) is 11.0 Å². The molecule has 0 spiro atoms. The number of alkyl halides is 3. The molecule has 1 fully saturated rings. The van der Waals surface area contributed by atoms with Crippen LogP contribution in [0.2, 0.25) is 5.02 Å². The third-order valence-corrected chi connectivity index (χ3v) is 6.06. The molecule has 6 nitrogen and oxygen atoms in total. The number of anilines is 1. The fourth-order valence-corrected chi connectivity index (χ4v) is 4.44. The molecule has 0 atom stereocenters. The lowest BCUT2D eigenvalue weighted by Gasteiger charge is -2.14. The molecule has 1 N–H and O–H groups in total. The number of carbonyl (C=O) groups excluding carboxylic acids is 1. The van der Waals surface area contributed by atoms with Crippen molar-refractivity contribution in [1.82, 2.24) is 4.98 Å². The highest BCUT2D eigenvalue weighted by Gasteiger charge is 2.34. The average molecular weight is 511 g/mol. The fourth-order valence-electron chi connectivity index (χ4n) is 2.90. The van der Waals surface area contributed by atoms with E-state index in [-0.39, 0.29) is 37.0 Å². The summed E-state index contributed by atoms with van der Waals surface area (Å²) in [6.45, 7) is 0. The summed E-state index contributed by atoms with van der Waals surface area (Å²) in [4.78, 5) is 29.1. The molecule has 0 radical (unpaired) electrons. The van der Waals surface area contributed by atoms with Crippen molar-refractivity contribution in [3.8, 4) is 11.5 Å². The number of carbonyl (C=O) groups is 2. The molecule has 1 aromatic carbocycles. The second-order valence-electron chi connectivity index (χ2n) is 6.62. The maximum absolute atomic E-state index is 12.9. The van der Waals surface area contributed by atoms with Crippen LogP contribution in [0.4, 0.5) is 18.9 Å². The lowest BCUT2D eigenvalue weighted by Crippen LogP contribution is -2.27. The predicted molar refractivity (Wildman–Crippen MR) is 121 cm³/mol. The highest BCUT2D eigenvalue weighted by molar-refractivity contribution is 8.27. The number of thiocarbonyl (C=S) groups is 1. The number of furan rings is 1. The normalized spacial score (nSPS) is 15.5. The maximum atomic E-state index is 12.9. The van der Waals surface area contributed by atoms with Gasteiger partial charge in [0.25, 0.3) is 5.91 Å². The summed E-state index contributed by atoms with van der Waals surface area (Å²) in [5.74, 6) is -1.16. The van der Waals surface area contributed by atoms with E-state index in [0.717, 1.165) is 17.8 Å². The Morgan fingerprint density at radius 3 is 2.52 bits per heavy atom. The first-order chi connectivity index (χ1) is 15.5. The van der Waals surface area contributed by atoms with Gasteiger partial charge in [-0.15, -0.1) is 0 Å². The topological polar surface area (TPSA) is 83.6 Å². The number of hydrogen-bond acceptors (Lipinski definition) is 6. The number of aromatic carboxylic acids is 1. The summed E-state index contributed by atoms with van der Waals surface area (Å²) in [5.41, 5.74) is -0.483. The molecule has 0 saturated carbocycles. The third kappa shape index (κ3) is 4.65. The average Bonchev–Trinajstić information content (AvgIpc) is 3.31. The Hall–Kier alpha value is -3.15. The third-order valence-electron chi connectivity index (χ3n) is 4.47. The van der Waals surface area contributed by atoms with Crippen LogP contribution in [0.3, 0.4) is 0 Å². The van der Waals surface area contributed by atoms with Crippen LogP contribution in [0.25, 0.3) is 17.5 Å². The highest BCUT2D eigenvalue weighted by atomic mass is 35.5. The Bertz CT molecular complexity index is 1320. The number of rotatable bonds is 4. The van der Waals surface area contributed by atoms with E-state index in [1.54, 1.807) is 0 Å². The van der Waals surface area contributed by atoms with Gasteiger partial charge in [-0.25, -0.2) is 4.79 Å². The fraction of sp³-hybridized carbons (Fsp3) is 0.0476. The Morgan fingerprint density at radius 1 is 1.21 bits per heavy atom. The van der Waals surface area contributed by atoms with Crippen LogP contribution in [0.15, 0.2) is 58.0 Å². The highest BCUT2D eigenvalue weighted by Crippen LogP contribution is 2.38. The molecule has 2 aromatic heterocycles. The van der Waals surface area contributed by atoms with E-state index >= 15 is 0 Å². The summed E-state index contributed by atoms with van der Waals surface area (Å²) in [6, 6.07) is 9.41. The monoisotopic (exact) mass is 510 g/mol.